The molecule has 0 heterocycles. The highest BCUT2D eigenvalue weighted by Crippen LogP contribution is 2.27. The Morgan fingerprint density at radius 3 is 2.58 bits per heavy atom. The molecule has 3 N–H and O–H groups in total. The maximum Gasteiger partial charge on any atom is 0.241 e. The highest BCUT2D eigenvalue weighted by atomic mass is 32.2. The maximum absolute atomic E-state index is 13.4. The first-order valence-electron chi connectivity index (χ1n) is 5.78. The lowest BCUT2D eigenvalue weighted by Gasteiger charge is -2.16. The van der Waals surface area contributed by atoms with Crippen LogP contribution in [0.5, 0.6) is 0 Å². The third kappa shape index (κ3) is 3.61. The van der Waals surface area contributed by atoms with Crippen molar-refractivity contribution in [3.8, 4) is 0 Å². The molecule has 108 valence electrons. The minimum absolute atomic E-state index is 0.0692. The van der Waals surface area contributed by atoms with Gasteiger partial charge in [-0.3, -0.25) is 0 Å². The summed E-state index contributed by atoms with van der Waals surface area (Å²) >= 11 is 1.56. The average Bonchev–Trinajstić information content (AvgIpc) is 2.33. The van der Waals surface area contributed by atoms with Crippen LogP contribution in [0.3, 0.4) is 0 Å². The SMILES string of the molecule is CSC(C)CNS(=O)(=O)c1c(C)cc(F)c(N)c1C. The quantitative estimate of drug-likeness (QED) is 0.817. The number of rotatable bonds is 5. The monoisotopic (exact) mass is 306 g/mol. The smallest absolute Gasteiger partial charge is 0.241 e. The summed E-state index contributed by atoms with van der Waals surface area (Å²) in [5.41, 5.74) is 6.04. The number of hydrogen-bond donors (Lipinski definition) is 2. The van der Waals surface area contributed by atoms with Gasteiger partial charge in [0.25, 0.3) is 0 Å². The first-order chi connectivity index (χ1) is 8.70. The molecule has 0 aromatic heterocycles. The number of nitrogens with two attached hydrogens (primary N) is 1. The zero-order valence-electron chi connectivity index (χ0n) is 11.5. The maximum atomic E-state index is 13.4. The number of halogens is 1. The molecule has 1 unspecified atom stereocenters. The van der Waals surface area contributed by atoms with Crippen molar-refractivity contribution >= 4 is 27.5 Å². The molecule has 19 heavy (non-hydrogen) atoms. The normalized spacial score (nSPS) is 13.5. The highest BCUT2D eigenvalue weighted by Gasteiger charge is 2.23. The van der Waals surface area contributed by atoms with Gasteiger partial charge in [0.15, 0.2) is 0 Å². The van der Waals surface area contributed by atoms with Crippen LogP contribution in [-0.2, 0) is 10.0 Å². The van der Waals surface area contributed by atoms with Crippen LogP contribution in [-0.4, -0.2) is 26.5 Å². The van der Waals surface area contributed by atoms with Gasteiger partial charge in [-0.15, -0.1) is 0 Å². The third-order valence-electron chi connectivity index (χ3n) is 2.94. The van der Waals surface area contributed by atoms with E-state index in [-0.39, 0.29) is 21.4 Å². The minimum Gasteiger partial charge on any atom is -0.396 e. The van der Waals surface area contributed by atoms with Crippen molar-refractivity contribution in [3.63, 3.8) is 0 Å². The first kappa shape index (κ1) is 16.3. The van der Waals surface area contributed by atoms with Crippen molar-refractivity contribution in [2.75, 3.05) is 18.5 Å². The topological polar surface area (TPSA) is 72.2 Å². The summed E-state index contributed by atoms with van der Waals surface area (Å²) in [6, 6.07) is 1.15. The van der Waals surface area contributed by atoms with Crippen molar-refractivity contribution in [2.45, 2.75) is 30.9 Å². The van der Waals surface area contributed by atoms with E-state index in [0.717, 1.165) is 6.07 Å². The van der Waals surface area contributed by atoms with Crippen molar-refractivity contribution in [1.82, 2.24) is 4.72 Å². The van der Waals surface area contributed by atoms with Crippen LogP contribution < -0.4 is 10.5 Å². The van der Waals surface area contributed by atoms with Crippen molar-refractivity contribution in [2.24, 2.45) is 0 Å². The Hall–Kier alpha value is -0.790. The van der Waals surface area contributed by atoms with Gasteiger partial charge in [-0.1, -0.05) is 6.92 Å². The standard InChI is InChI=1S/C12H19FN2O2S2/c1-7-5-10(13)11(14)9(3)12(7)19(16,17)15-6-8(2)18-4/h5,8,15H,6,14H2,1-4H3. The molecule has 0 aliphatic rings. The van der Waals surface area contributed by atoms with Crippen molar-refractivity contribution in [3.05, 3.63) is 23.0 Å². The van der Waals surface area contributed by atoms with Gasteiger partial charge in [0.05, 0.1) is 10.6 Å². The minimum atomic E-state index is -3.68. The van der Waals surface area contributed by atoms with Gasteiger partial charge in [-0.05, 0) is 37.3 Å². The average molecular weight is 306 g/mol. The van der Waals surface area contributed by atoms with Gasteiger partial charge in [-0.2, -0.15) is 11.8 Å². The van der Waals surface area contributed by atoms with Gasteiger partial charge >= 0.3 is 0 Å². The lowest BCUT2D eigenvalue weighted by atomic mass is 10.1. The summed E-state index contributed by atoms with van der Waals surface area (Å²) in [5.74, 6) is -0.591. The molecule has 0 spiro atoms. The molecule has 1 aromatic rings. The fourth-order valence-electron chi connectivity index (χ4n) is 1.73. The number of nitrogen functional groups attached to an aromatic ring is 1. The van der Waals surface area contributed by atoms with Gasteiger partial charge < -0.3 is 5.73 Å². The number of sulfonamides is 1. The molecule has 7 heteroatoms. The molecule has 1 rings (SSSR count). The second-order valence-corrected chi connectivity index (χ2v) is 7.42. The van der Waals surface area contributed by atoms with Crippen molar-refractivity contribution in [1.29, 1.82) is 0 Å². The van der Waals surface area contributed by atoms with Gasteiger partial charge in [0, 0.05) is 11.8 Å². The summed E-state index contributed by atoms with van der Waals surface area (Å²) < 4.78 is 40.5. The third-order valence-corrected chi connectivity index (χ3v) is 5.62. The van der Waals surface area contributed by atoms with Gasteiger partial charge in [0.1, 0.15) is 5.82 Å². The van der Waals surface area contributed by atoms with Gasteiger partial charge in [0.2, 0.25) is 10.0 Å². The number of anilines is 1. The Morgan fingerprint density at radius 1 is 1.47 bits per heavy atom. The zero-order chi connectivity index (χ0) is 14.8. The van der Waals surface area contributed by atoms with Crippen LogP contribution in [0.25, 0.3) is 0 Å². The molecule has 0 saturated heterocycles. The van der Waals surface area contributed by atoms with Crippen LogP contribution in [0, 0.1) is 19.7 Å². The molecular formula is C12H19FN2O2S2. The Bertz CT molecular complexity index is 574. The molecule has 1 aromatic carbocycles. The Kier molecular flexibility index (Phi) is 5.23. The number of nitrogens with one attached hydrogen (secondary N) is 1. The molecule has 0 fully saturated rings. The van der Waals surface area contributed by atoms with Crippen LogP contribution in [0.4, 0.5) is 10.1 Å². The van der Waals surface area contributed by atoms with E-state index in [1.165, 1.54) is 6.92 Å². The fraction of sp³-hybridized carbons (Fsp3) is 0.500. The van der Waals surface area contributed by atoms with E-state index in [2.05, 4.69) is 4.72 Å². The largest absolute Gasteiger partial charge is 0.396 e. The Balaban J connectivity index is 3.19. The van der Waals surface area contributed by atoms with E-state index >= 15 is 0 Å². The predicted octanol–water partition coefficient (Wildman–Crippen LogP) is 2.05. The zero-order valence-corrected chi connectivity index (χ0v) is 13.1. The van der Waals surface area contributed by atoms with E-state index in [1.807, 2.05) is 13.2 Å². The second kappa shape index (κ2) is 6.11. The lowest BCUT2D eigenvalue weighted by molar-refractivity contribution is 0.579. The molecular weight excluding hydrogens is 287 g/mol. The summed E-state index contributed by atoms with van der Waals surface area (Å²) in [6.07, 6.45) is 1.91. The highest BCUT2D eigenvalue weighted by molar-refractivity contribution is 7.99. The number of aryl methyl sites for hydroxylation is 1. The predicted molar refractivity (Wildman–Crippen MR) is 78.5 cm³/mol. The number of thioether (sulfide) groups is 1. The number of hydrogen-bond acceptors (Lipinski definition) is 4. The Labute approximate surface area is 118 Å². The van der Waals surface area contributed by atoms with E-state index in [4.69, 9.17) is 5.73 Å². The molecule has 4 nitrogen and oxygen atoms in total. The van der Waals surface area contributed by atoms with E-state index in [1.54, 1.807) is 18.7 Å². The van der Waals surface area contributed by atoms with E-state index in [9.17, 15) is 12.8 Å². The first-order valence-corrected chi connectivity index (χ1v) is 8.55. The molecule has 0 amide bonds. The molecule has 0 bridgehead atoms. The van der Waals surface area contributed by atoms with E-state index in [0.29, 0.717) is 12.1 Å². The molecule has 0 aliphatic heterocycles. The summed E-state index contributed by atoms with van der Waals surface area (Å²) in [7, 11) is -3.68. The lowest BCUT2D eigenvalue weighted by Crippen LogP contribution is -2.30. The van der Waals surface area contributed by atoms with Crippen LogP contribution in [0.15, 0.2) is 11.0 Å². The van der Waals surface area contributed by atoms with Crippen LogP contribution in [0.1, 0.15) is 18.1 Å². The number of benzene rings is 1. The second-order valence-electron chi connectivity index (χ2n) is 4.44. The molecule has 1 atom stereocenters. The van der Waals surface area contributed by atoms with Crippen molar-refractivity contribution < 1.29 is 12.8 Å². The molecule has 0 radical (unpaired) electrons. The van der Waals surface area contributed by atoms with Crippen LogP contribution >= 0.6 is 11.8 Å². The summed E-state index contributed by atoms with van der Waals surface area (Å²) in [4.78, 5) is 0.0692. The van der Waals surface area contributed by atoms with Crippen LogP contribution in [0.2, 0.25) is 0 Å². The summed E-state index contributed by atoms with van der Waals surface area (Å²) in [6.45, 7) is 5.31. The fourth-order valence-corrected chi connectivity index (χ4v) is 3.69. The van der Waals surface area contributed by atoms with Gasteiger partial charge in [-0.25, -0.2) is 17.5 Å². The molecule has 0 aliphatic carbocycles. The molecule has 0 saturated carbocycles. The van der Waals surface area contributed by atoms with E-state index < -0.39 is 15.8 Å². The Morgan fingerprint density at radius 2 is 2.05 bits per heavy atom. The summed E-state index contributed by atoms with van der Waals surface area (Å²) in [5, 5.41) is 0.160.